The van der Waals surface area contributed by atoms with Crippen molar-refractivity contribution in [1.82, 2.24) is 5.32 Å². The third-order valence-corrected chi connectivity index (χ3v) is 3.33. The topological polar surface area (TPSA) is 84.6 Å². The number of hydrogen-bond donors (Lipinski definition) is 2. The quantitative estimate of drug-likeness (QED) is 0.633. The zero-order chi connectivity index (χ0) is 13.9. The number of rotatable bonds is 5. The molecule has 1 aromatic rings. The van der Waals surface area contributed by atoms with Crippen molar-refractivity contribution in [3.63, 3.8) is 0 Å². The molecule has 1 fully saturated rings. The van der Waals surface area contributed by atoms with Gasteiger partial charge in [0.15, 0.2) is 0 Å². The fourth-order valence-corrected chi connectivity index (χ4v) is 2.23. The van der Waals surface area contributed by atoms with Gasteiger partial charge in [0, 0.05) is 42.8 Å². The molecule has 1 aliphatic heterocycles. The number of halogens is 1. The van der Waals surface area contributed by atoms with E-state index in [2.05, 4.69) is 5.32 Å². The lowest BCUT2D eigenvalue weighted by atomic mass is 10.0. The van der Waals surface area contributed by atoms with Crippen LogP contribution in [0.3, 0.4) is 0 Å². The summed E-state index contributed by atoms with van der Waals surface area (Å²) in [6.07, 6.45) is 0.567. The van der Waals surface area contributed by atoms with E-state index in [0.29, 0.717) is 30.2 Å². The smallest absolute Gasteiger partial charge is 0.273 e. The molecule has 6 nitrogen and oxygen atoms in total. The summed E-state index contributed by atoms with van der Waals surface area (Å²) in [5.41, 5.74) is -0.362. The summed E-state index contributed by atoms with van der Waals surface area (Å²) >= 11 is 5.84. The van der Waals surface area contributed by atoms with Gasteiger partial charge in [-0.15, -0.1) is 0 Å². The second kappa shape index (κ2) is 5.83. The van der Waals surface area contributed by atoms with Gasteiger partial charge in [0.2, 0.25) is 0 Å². The van der Waals surface area contributed by atoms with Gasteiger partial charge >= 0.3 is 0 Å². The van der Waals surface area contributed by atoms with Gasteiger partial charge in [0.25, 0.3) is 5.69 Å². The Bertz CT molecular complexity index is 475. The second-order valence-corrected chi connectivity index (χ2v) is 5.10. The van der Waals surface area contributed by atoms with Crippen LogP contribution in [-0.2, 0) is 11.3 Å². The third-order valence-electron chi connectivity index (χ3n) is 3.09. The van der Waals surface area contributed by atoms with E-state index in [1.807, 2.05) is 0 Å². The fourth-order valence-electron chi connectivity index (χ4n) is 2.04. The minimum Gasteiger partial charge on any atom is -0.386 e. The Kier molecular flexibility index (Phi) is 4.36. The largest absolute Gasteiger partial charge is 0.386 e. The maximum absolute atomic E-state index is 10.9. The van der Waals surface area contributed by atoms with Crippen LogP contribution >= 0.6 is 11.6 Å². The Hall–Kier alpha value is -1.21. The summed E-state index contributed by atoms with van der Waals surface area (Å²) in [6.45, 7) is 1.43. The van der Waals surface area contributed by atoms with Gasteiger partial charge in [-0.05, 0) is 12.1 Å². The Morgan fingerprint density at radius 1 is 1.58 bits per heavy atom. The predicted octanol–water partition coefficient (Wildman–Crippen LogP) is 1.49. The molecule has 104 valence electrons. The van der Waals surface area contributed by atoms with Crippen LogP contribution in [-0.4, -0.2) is 35.4 Å². The van der Waals surface area contributed by atoms with Crippen molar-refractivity contribution in [3.05, 3.63) is 38.9 Å². The van der Waals surface area contributed by atoms with E-state index in [1.54, 1.807) is 6.07 Å². The number of ether oxygens (including phenoxy) is 1. The summed E-state index contributed by atoms with van der Waals surface area (Å²) in [4.78, 5) is 10.4. The van der Waals surface area contributed by atoms with Crippen LogP contribution in [0.4, 0.5) is 5.69 Å². The Morgan fingerprint density at radius 3 is 3.00 bits per heavy atom. The molecular formula is C12H15ClN2O4. The molecule has 2 rings (SSSR count). The molecule has 0 aromatic heterocycles. The number of hydrogen-bond acceptors (Lipinski definition) is 5. The first-order valence-electron chi connectivity index (χ1n) is 5.94. The van der Waals surface area contributed by atoms with E-state index in [-0.39, 0.29) is 18.8 Å². The van der Waals surface area contributed by atoms with E-state index < -0.39 is 10.5 Å². The van der Waals surface area contributed by atoms with Gasteiger partial charge < -0.3 is 15.2 Å². The predicted molar refractivity (Wildman–Crippen MR) is 70.2 cm³/mol. The summed E-state index contributed by atoms with van der Waals surface area (Å²) < 4.78 is 5.12. The second-order valence-electron chi connectivity index (χ2n) is 4.66. The zero-order valence-electron chi connectivity index (χ0n) is 10.3. The molecule has 7 heteroatoms. The molecule has 1 aromatic carbocycles. The standard InChI is InChI=1S/C12H15ClN2O4/c13-10-1-2-11(15(17)18)9(5-10)6-14-7-12(16)3-4-19-8-12/h1-2,5,14,16H,3-4,6-8H2. The van der Waals surface area contributed by atoms with Gasteiger partial charge in [-0.2, -0.15) is 0 Å². The van der Waals surface area contributed by atoms with Gasteiger partial charge in [-0.1, -0.05) is 11.6 Å². The number of benzene rings is 1. The van der Waals surface area contributed by atoms with E-state index in [9.17, 15) is 15.2 Å². The van der Waals surface area contributed by atoms with Gasteiger partial charge in [0.05, 0.1) is 11.5 Å². The van der Waals surface area contributed by atoms with Crippen molar-refractivity contribution in [2.45, 2.75) is 18.6 Å². The van der Waals surface area contributed by atoms with Crippen LogP contribution in [0.1, 0.15) is 12.0 Å². The van der Waals surface area contributed by atoms with Crippen LogP contribution in [0.15, 0.2) is 18.2 Å². The molecular weight excluding hydrogens is 272 g/mol. The van der Waals surface area contributed by atoms with Crippen molar-refractivity contribution in [2.24, 2.45) is 0 Å². The maximum Gasteiger partial charge on any atom is 0.273 e. The minimum atomic E-state index is -0.882. The van der Waals surface area contributed by atoms with Crippen molar-refractivity contribution in [2.75, 3.05) is 19.8 Å². The molecule has 0 amide bonds. The molecule has 19 heavy (non-hydrogen) atoms. The zero-order valence-corrected chi connectivity index (χ0v) is 11.0. The molecule has 0 bridgehead atoms. The molecule has 0 saturated carbocycles. The molecule has 1 saturated heterocycles. The normalized spacial score (nSPS) is 22.6. The van der Waals surface area contributed by atoms with E-state index in [1.165, 1.54) is 12.1 Å². The molecule has 1 aliphatic rings. The molecule has 2 N–H and O–H groups in total. The monoisotopic (exact) mass is 286 g/mol. The van der Waals surface area contributed by atoms with Crippen LogP contribution in [0.5, 0.6) is 0 Å². The maximum atomic E-state index is 10.9. The number of aliphatic hydroxyl groups is 1. The first kappa shape index (κ1) is 14.2. The highest BCUT2D eigenvalue weighted by atomic mass is 35.5. The molecule has 0 spiro atoms. The van der Waals surface area contributed by atoms with E-state index in [0.717, 1.165) is 0 Å². The van der Waals surface area contributed by atoms with Crippen molar-refractivity contribution < 1.29 is 14.8 Å². The lowest BCUT2D eigenvalue weighted by molar-refractivity contribution is -0.385. The molecule has 1 atom stereocenters. The van der Waals surface area contributed by atoms with E-state index in [4.69, 9.17) is 16.3 Å². The first-order valence-corrected chi connectivity index (χ1v) is 6.32. The van der Waals surface area contributed by atoms with Crippen molar-refractivity contribution in [3.8, 4) is 0 Å². The van der Waals surface area contributed by atoms with Crippen molar-refractivity contribution in [1.29, 1.82) is 0 Å². The lowest BCUT2D eigenvalue weighted by Crippen LogP contribution is -2.40. The Morgan fingerprint density at radius 2 is 2.37 bits per heavy atom. The molecule has 1 heterocycles. The Balaban J connectivity index is 1.98. The first-order chi connectivity index (χ1) is 9.00. The summed E-state index contributed by atoms with van der Waals surface area (Å²) in [7, 11) is 0. The van der Waals surface area contributed by atoms with Crippen LogP contribution in [0.2, 0.25) is 5.02 Å². The van der Waals surface area contributed by atoms with E-state index >= 15 is 0 Å². The number of nitrogens with zero attached hydrogens (tertiary/aromatic N) is 1. The highest BCUT2D eigenvalue weighted by Crippen LogP contribution is 2.23. The molecule has 0 aliphatic carbocycles. The summed E-state index contributed by atoms with van der Waals surface area (Å²) in [5.74, 6) is 0. The van der Waals surface area contributed by atoms with Gasteiger partial charge in [-0.25, -0.2) is 0 Å². The highest BCUT2D eigenvalue weighted by molar-refractivity contribution is 6.30. The number of nitro benzene ring substituents is 1. The van der Waals surface area contributed by atoms with Gasteiger partial charge in [0.1, 0.15) is 5.60 Å². The van der Waals surface area contributed by atoms with Gasteiger partial charge in [-0.3, -0.25) is 10.1 Å². The van der Waals surface area contributed by atoms with Crippen molar-refractivity contribution >= 4 is 17.3 Å². The average molecular weight is 287 g/mol. The Labute approximate surface area is 115 Å². The lowest BCUT2D eigenvalue weighted by Gasteiger charge is -2.20. The van der Waals surface area contributed by atoms with Crippen LogP contribution < -0.4 is 5.32 Å². The number of nitrogens with one attached hydrogen (secondary N) is 1. The average Bonchev–Trinajstić information content (AvgIpc) is 2.76. The van der Waals surface area contributed by atoms with Crippen LogP contribution in [0.25, 0.3) is 0 Å². The highest BCUT2D eigenvalue weighted by Gasteiger charge is 2.31. The minimum absolute atomic E-state index is 0.0200. The SMILES string of the molecule is O=[N+]([O-])c1ccc(Cl)cc1CNCC1(O)CCOC1. The van der Waals surface area contributed by atoms with Crippen LogP contribution in [0, 0.1) is 10.1 Å². The molecule has 1 unspecified atom stereocenters. The molecule has 0 radical (unpaired) electrons. The number of nitro groups is 1. The third kappa shape index (κ3) is 3.63. The summed E-state index contributed by atoms with van der Waals surface area (Å²) in [6, 6.07) is 4.43. The fraction of sp³-hybridized carbons (Fsp3) is 0.500. The summed E-state index contributed by atoms with van der Waals surface area (Å²) in [5, 5.41) is 24.4.